The van der Waals surface area contributed by atoms with Gasteiger partial charge in [-0.25, -0.2) is 14.6 Å². The summed E-state index contributed by atoms with van der Waals surface area (Å²) < 4.78 is 2.60. The van der Waals surface area contributed by atoms with E-state index in [0.29, 0.717) is 5.69 Å². The largest absolute Gasteiger partial charge is 0.399 e. The summed E-state index contributed by atoms with van der Waals surface area (Å²) in [4.78, 5) is 8.44. The normalized spacial score (nSPS) is 10.9. The predicted molar refractivity (Wildman–Crippen MR) is 68.8 cm³/mol. The Kier molecular flexibility index (Phi) is 2.29. The Morgan fingerprint density at radius 1 is 1.24 bits per heavy atom. The summed E-state index contributed by atoms with van der Waals surface area (Å²) in [5, 5.41) is 5.12. The first-order valence-corrected chi connectivity index (χ1v) is 5.74. The molecule has 0 unspecified atom stereocenters. The van der Waals surface area contributed by atoms with Crippen molar-refractivity contribution in [3.8, 4) is 5.82 Å². The molecule has 0 aliphatic carbocycles. The molecule has 3 rings (SSSR count). The maximum atomic E-state index is 5.73. The molecular weight excluding hydrogens is 282 g/mol. The summed E-state index contributed by atoms with van der Waals surface area (Å²) in [6.07, 6.45) is 5.07. The van der Waals surface area contributed by atoms with Crippen LogP contribution in [0.5, 0.6) is 0 Å². The van der Waals surface area contributed by atoms with E-state index in [1.807, 2.05) is 24.4 Å². The van der Waals surface area contributed by atoms with Crippen molar-refractivity contribution < 1.29 is 0 Å². The Balaban J connectivity index is 2.30. The fourth-order valence-corrected chi connectivity index (χ4v) is 1.94. The van der Waals surface area contributed by atoms with Crippen molar-refractivity contribution in [3.63, 3.8) is 0 Å². The van der Waals surface area contributed by atoms with Crippen LogP contribution in [0.4, 0.5) is 5.69 Å². The van der Waals surface area contributed by atoms with E-state index >= 15 is 0 Å². The Morgan fingerprint density at radius 2 is 2.12 bits per heavy atom. The topological polar surface area (TPSA) is 69.6 Å². The lowest BCUT2D eigenvalue weighted by Crippen LogP contribution is -2.00. The van der Waals surface area contributed by atoms with E-state index in [1.54, 1.807) is 10.9 Å². The highest BCUT2D eigenvalue weighted by atomic mass is 79.9. The van der Waals surface area contributed by atoms with Crippen LogP contribution in [0.1, 0.15) is 0 Å². The van der Waals surface area contributed by atoms with E-state index in [1.165, 1.54) is 6.33 Å². The number of fused-ring (bicyclic) bond motifs is 1. The Hall–Kier alpha value is -1.95. The highest BCUT2D eigenvalue weighted by Gasteiger charge is 2.06. The van der Waals surface area contributed by atoms with Gasteiger partial charge < -0.3 is 5.73 Å². The first kappa shape index (κ1) is 10.2. The van der Waals surface area contributed by atoms with E-state index in [-0.39, 0.29) is 0 Å². The van der Waals surface area contributed by atoms with Gasteiger partial charge in [-0.05, 0) is 34.1 Å². The number of nitrogen functional groups attached to an aromatic ring is 1. The zero-order valence-corrected chi connectivity index (χ0v) is 10.3. The van der Waals surface area contributed by atoms with E-state index in [4.69, 9.17) is 5.73 Å². The number of hydrogen-bond donors (Lipinski definition) is 1. The number of aromatic nitrogens is 4. The molecule has 0 saturated carbocycles. The van der Waals surface area contributed by atoms with Crippen molar-refractivity contribution in [3.05, 3.63) is 41.4 Å². The molecule has 2 N–H and O–H groups in total. The van der Waals surface area contributed by atoms with Crippen LogP contribution in [0.3, 0.4) is 0 Å². The van der Waals surface area contributed by atoms with Gasteiger partial charge in [-0.2, -0.15) is 5.10 Å². The number of benzene rings is 1. The zero-order valence-electron chi connectivity index (χ0n) is 8.71. The number of nitrogens with zero attached hydrogens (tertiary/aromatic N) is 4. The second-order valence-corrected chi connectivity index (χ2v) is 4.49. The molecule has 1 aromatic carbocycles. The van der Waals surface area contributed by atoms with Gasteiger partial charge in [-0.3, -0.25) is 0 Å². The number of hydrogen-bond acceptors (Lipinski definition) is 4. The lowest BCUT2D eigenvalue weighted by molar-refractivity contribution is 0.851. The molecule has 0 amide bonds. The third-order valence-electron chi connectivity index (χ3n) is 2.41. The van der Waals surface area contributed by atoms with Crippen LogP contribution in [0.15, 0.2) is 41.4 Å². The fourth-order valence-electron chi connectivity index (χ4n) is 1.66. The van der Waals surface area contributed by atoms with Gasteiger partial charge >= 0.3 is 0 Å². The van der Waals surface area contributed by atoms with Crippen molar-refractivity contribution in [2.75, 3.05) is 5.73 Å². The first-order valence-electron chi connectivity index (χ1n) is 4.95. The highest BCUT2D eigenvalue weighted by Crippen LogP contribution is 2.21. The quantitative estimate of drug-likeness (QED) is 0.697. The van der Waals surface area contributed by atoms with Crippen molar-refractivity contribution in [1.82, 2.24) is 19.7 Å². The van der Waals surface area contributed by atoms with Crippen molar-refractivity contribution in [2.45, 2.75) is 0 Å². The summed E-state index contributed by atoms with van der Waals surface area (Å²) in [5.41, 5.74) is 7.22. The lowest BCUT2D eigenvalue weighted by Gasteiger charge is -2.04. The van der Waals surface area contributed by atoms with Gasteiger partial charge in [0.1, 0.15) is 6.33 Å². The van der Waals surface area contributed by atoms with Gasteiger partial charge in [-0.15, -0.1) is 0 Å². The van der Waals surface area contributed by atoms with Crippen LogP contribution in [0.2, 0.25) is 0 Å². The lowest BCUT2D eigenvalue weighted by atomic mass is 10.2. The van der Waals surface area contributed by atoms with Crippen LogP contribution in [0, 0.1) is 0 Å². The van der Waals surface area contributed by atoms with Gasteiger partial charge in [0.2, 0.25) is 0 Å². The molecule has 84 valence electrons. The molecule has 3 aromatic rings. The molecule has 5 nitrogen and oxygen atoms in total. The number of anilines is 1. The third-order valence-corrected chi connectivity index (χ3v) is 2.82. The molecule has 0 bridgehead atoms. The predicted octanol–water partition coefficient (Wildman–Crippen LogP) is 2.16. The van der Waals surface area contributed by atoms with Gasteiger partial charge in [0.15, 0.2) is 5.82 Å². The number of halogens is 1. The van der Waals surface area contributed by atoms with Gasteiger partial charge in [0.25, 0.3) is 0 Å². The van der Waals surface area contributed by atoms with Crippen LogP contribution >= 0.6 is 15.9 Å². The van der Waals surface area contributed by atoms with E-state index in [2.05, 4.69) is 31.0 Å². The molecule has 0 saturated heterocycles. The Morgan fingerprint density at radius 3 is 2.88 bits per heavy atom. The monoisotopic (exact) mass is 289 g/mol. The molecule has 0 atom stereocenters. The second kappa shape index (κ2) is 3.81. The fraction of sp³-hybridized carbons (Fsp3) is 0. The molecule has 17 heavy (non-hydrogen) atoms. The highest BCUT2D eigenvalue weighted by molar-refractivity contribution is 9.10. The Labute approximate surface area is 105 Å². The maximum absolute atomic E-state index is 5.73. The van der Waals surface area contributed by atoms with Crippen molar-refractivity contribution in [2.24, 2.45) is 0 Å². The summed E-state index contributed by atoms with van der Waals surface area (Å²) in [6.45, 7) is 0. The Bertz CT molecular complexity index is 691. The maximum Gasteiger partial charge on any atom is 0.164 e. The molecule has 0 aliphatic rings. The zero-order chi connectivity index (χ0) is 11.8. The number of rotatable bonds is 1. The average Bonchev–Trinajstić information content (AvgIpc) is 2.74. The van der Waals surface area contributed by atoms with Crippen molar-refractivity contribution in [1.29, 1.82) is 0 Å². The van der Waals surface area contributed by atoms with Crippen LogP contribution in [-0.4, -0.2) is 19.7 Å². The summed E-state index contributed by atoms with van der Waals surface area (Å²) in [7, 11) is 0. The van der Waals surface area contributed by atoms with E-state index < -0.39 is 0 Å². The molecule has 2 heterocycles. The summed E-state index contributed by atoms with van der Waals surface area (Å²) >= 11 is 3.36. The molecule has 0 radical (unpaired) electrons. The minimum atomic E-state index is 0.684. The summed E-state index contributed by atoms with van der Waals surface area (Å²) in [5.74, 6) is 0.737. The first-order chi connectivity index (χ1) is 8.24. The minimum absolute atomic E-state index is 0.684. The number of nitrogens with two attached hydrogens (primary N) is 1. The van der Waals surface area contributed by atoms with E-state index in [9.17, 15) is 0 Å². The second-order valence-electron chi connectivity index (χ2n) is 3.58. The minimum Gasteiger partial charge on any atom is -0.399 e. The van der Waals surface area contributed by atoms with Crippen LogP contribution < -0.4 is 5.73 Å². The van der Waals surface area contributed by atoms with Gasteiger partial charge in [0, 0.05) is 17.3 Å². The molecule has 0 aliphatic heterocycles. The van der Waals surface area contributed by atoms with Gasteiger partial charge in [0.05, 0.1) is 16.2 Å². The van der Waals surface area contributed by atoms with E-state index in [0.717, 1.165) is 21.2 Å². The molecular formula is C11H8BrN5. The average molecular weight is 290 g/mol. The van der Waals surface area contributed by atoms with Crippen LogP contribution in [0.25, 0.3) is 16.7 Å². The van der Waals surface area contributed by atoms with Crippen LogP contribution in [-0.2, 0) is 0 Å². The smallest absolute Gasteiger partial charge is 0.164 e. The SMILES string of the molecule is Nc1ccc2c(-n3cc(Br)cn3)ncnc2c1. The van der Waals surface area contributed by atoms with Gasteiger partial charge in [-0.1, -0.05) is 0 Å². The molecule has 0 fully saturated rings. The molecule has 6 heteroatoms. The molecule has 2 aromatic heterocycles. The van der Waals surface area contributed by atoms with Crippen molar-refractivity contribution >= 4 is 32.5 Å². The standard InChI is InChI=1S/C11H8BrN5/c12-7-4-16-17(5-7)11-9-2-1-8(13)3-10(9)14-6-15-11/h1-6H,13H2. The third kappa shape index (κ3) is 1.76. The summed E-state index contributed by atoms with van der Waals surface area (Å²) in [6, 6.07) is 5.54. The molecule has 0 spiro atoms.